The monoisotopic (exact) mass is 363 g/mol. The molecule has 24 heavy (non-hydrogen) atoms. The van der Waals surface area contributed by atoms with Crippen molar-refractivity contribution in [3.05, 3.63) is 62.8 Å². The third-order valence-electron chi connectivity index (χ3n) is 3.32. The normalized spacial score (nSPS) is 13.4. The van der Waals surface area contributed by atoms with E-state index in [0.717, 1.165) is 0 Å². The van der Waals surface area contributed by atoms with Gasteiger partial charge in [0.2, 0.25) is 0 Å². The Kier molecular flexibility index (Phi) is 5.06. The Morgan fingerprint density at radius 3 is 2.75 bits per heavy atom. The van der Waals surface area contributed by atoms with E-state index in [-0.39, 0.29) is 12.1 Å². The number of hydrogen-bond donors (Lipinski definition) is 2. The van der Waals surface area contributed by atoms with Gasteiger partial charge in [-0.1, -0.05) is 22.9 Å². The minimum Gasteiger partial charge on any atom is -0.394 e. The molecule has 0 spiro atoms. The second kappa shape index (κ2) is 7.23. The molecule has 3 aromatic rings. The second-order valence-corrected chi connectivity index (χ2v) is 6.47. The van der Waals surface area contributed by atoms with E-state index >= 15 is 0 Å². The van der Waals surface area contributed by atoms with E-state index in [2.05, 4.69) is 9.98 Å². The summed E-state index contributed by atoms with van der Waals surface area (Å²) in [4.78, 5) is 22.3. The first-order chi connectivity index (χ1) is 11.6. The Balaban J connectivity index is 2.25. The number of benzene rings is 1. The summed E-state index contributed by atoms with van der Waals surface area (Å²) in [5.41, 5.74) is 0.314. The second-order valence-electron chi connectivity index (χ2n) is 5.08. The Labute approximate surface area is 146 Å². The molecule has 3 rings (SSSR count). The van der Waals surface area contributed by atoms with Crippen LogP contribution in [-0.2, 0) is 6.54 Å². The zero-order valence-corrected chi connectivity index (χ0v) is 14.0. The molecule has 2 aromatic heterocycles. The van der Waals surface area contributed by atoms with Crippen LogP contribution < -0.4 is 10.4 Å². The van der Waals surface area contributed by atoms with Crippen molar-refractivity contribution in [2.45, 2.75) is 12.6 Å². The molecule has 2 heterocycles. The van der Waals surface area contributed by atoms with Crippen molar-refractivity contribution in [3.63, 3.8) is 0 Å². The van der Waals surface area contributed by atoms with Crippen molar-refractivity contribution in [2.24, 2.45) is 4.99 Å². The molecule has 124 valence electrons. The van der Waals surface area contributed by atoms with Crippen molar-refractivity contribution in [1.82, 2.24) is 9.55 Å². The van der Waals surface area contributed by atoms with Crippen LogP contribution in [0.5, 0.6) is 0 Å². The van der Waals surface area contributed by atoms with Gasteiger partial charge in [-0.15, -0.1) is 0 Å². The summed E-state index contributed by atoms with van der Waals surface area (Å²) in [6.07, 6.45) is 0.556. The number of aliphatic hydroxyl groups excluding tert-OH is 2. The molecule has 0 amide bonds. The minimum absolute atomic E-state index is 0.0525. The lowest BCUT2D eigenvalue weighted by molar-refractivity contribution is 0.0799. The third-order valence-corrected chi connectivity index (χ3v) is 4.59. The lowest BCUT2D eigenvalue weighted by Gasteiger charge is -2.11. The van der Waals surface area contributed by atoms with Crippen LogP contribution in [0, 0.1) is 0 Å². The first-order valence-electron chi connectivity index (χ1n) is 7.16. The van der Waals surface area contributed by atoms with Crippen LogP contribution >= 0.6 is 22.9 Å². The number of aromatic nitrogens is 2. The number of rotatable bonds is 4. The van der Waals surface area contributed by atoms with Gasteiger partial charge in [-0.2, -0.15) is 0 Å². The van der Waals surface area contributed by atoms with Crippen molar-refractivity contribution < 1.29 is 10.2 Å². The fourth-order valence-corrected chi connectivity index (χ4v) is 3.24. The summed E-state index contributed by atoms with van der Waals surface area (Å²) in [6, 6.07) is 10.2. The maximum Gasteiger partial charge on any atom is 0.263 e. The fourth-order valence-electron chi connectivity index (χ4n) is 2.15. The Bertz CT molecular complexity index is 982. The van der Waals surface area contributed by atoms with Crippen LogP contribution in [-0.4, -0.2) is 32.5 Å². The van der Waals surface area contributed by atoms with Crippen molar-refractivity contribution >= 4 is 38.8 Å². The molecule has 8 heteroatoms. The molecule has 0 aliphatic heterocycles. The molecule has 2 N–H and O–H groups in total. The average Bonchev–Trinajstić information content (AvgIpc) is 2.60. The molecule has 0 fully saturated rings. The van der Waals surface area contributed by atoms with E-state index < -0.39 is 12.7 Å². The van der Waals surface area contributed by atoms with Gasteiger partial charge in [-0.25, -0.2) is 9.98 Å². The molecule has 0 aliphatic rings. The molecule has 1 aromatic carbocycles. The van der Waals surface area contributed by atoms with Gasteiger partial charge in [0, 0.05) is 11.2 Å². The molecule has 0 radical (unpaired) electrons. The Hall–Kier alpha value is -2.06. The molecule has 6 nitrogen and oxygen atoms in total. The van der Waals surface area contributed by atoms with Crippen LogP contribution in [0.4, 0.5) is 5.69 Å². The van der Waals surface area contributed by atoms with E-state index in [4.69, 9.17) is 16.7 Å². The van der Waals surface area contributed by atoms with Crippen LogP contribution in [0.1, 0.15) is 0 Å². The largest absolute Gasteiger partial charge is 0.394 e. The van der Waals surface area contributed by atoms with E-state index in [1.807, 2.05) is 0 Å². The number of aliphatic hydroxyl groups is 2. The van der Waals surface area contributed by atoms with Gasteiger partial charge in [-0.3, -0.25) is 9.36 Å². The lowest BCUT2D eigenvalue weighted by atomic mass is 10.3. The zero-order valence-electron chi connectivity index (χ0n) is 12.5. The molecule has 0 saturated heterocycles. The van der Waals surface area contributed by atoms with E-state index in [1.54, 1.807) is 42.6 Å². The van der Waals surface area contributed by atoms with Gasteiger partial charge >= 0.3 is 0 Å². The van der Waals surface area contributed by atoms with Crippen molar-refractivity contribution in [2.75, 3.05) is 6.61 Å². The number of nitrogens with zero attached hydrogens (tertiary/aromatic N) is 3. The molecular weight excluding hydrogens is 350 g/mol. The van der Waals surface area contributed by atoms with Crippen molar-refractivity contribution in [1.29, 1.82) is 0 Å². The summed E-state index contributed by atoms with van der Waals surface area (Å²) in [6.45, 7) is -0.494. The highest BCUT2D eigenvalue weighted by Crippen LogP contribution is 2.16. The van der Waals surface area contributed by atoms with Crippen molar-refractivity contribution in [3.8, 4) is 0 Å². The molecule has 0 saturated carbocycles. The summed E-state index contributed by atoms with van der Waals surface area (Å²) in [7, 11) is 0. The van der Waals surface area contributed by atoms with E-state index in [9.17, 15) is 9.90 Å². The smallest absolute Gasteiger partial charge is 0.263 e. The highest BCUT2D eigenvalue weighted by Gasteiger charge is 2.11. The van der Waals surface area contributed by atoms with E-state index in [1.165, 1.54) is 15.9 Å². The minimum atomic E-state index is -1.05. The van der Waals surface area contributed by atoms with Crippen LogP contribution in [0.2, 0.25) is 5.02 Å². The Morgan fingerprint density at radius 1 is 1.29 bits per heavy atom. The topological polar surface area (TPSA) is 87.7 Å². The van der Waals surface area contributed by atoms with Gasteiger partial charge in [0.05, 0.1) is 30.3 Å². The Morgan fingerprint density at radius 2 is 2.04 bits per heavy atom. The van der Waals surface area contributed by atoms with Crippen LogP contribution in [0.3, 0.4) is 0 Å². The van der Waals surface area contributed by atoms with Gasteiger partial charge in [0.1, 0.15) is 4.83 Å². The lowest BCUT2D eigenvalue weighted by Crippen LogP contribution is -2.37. The summed E-state index contributed by atoms with van der Waals surface area (Å²) in [5.74, 6) is 0. The summed E-state index contributed by atoms with van der Waals surface area (Å²) >= 11 is 7.11. The number of pyridine rings is 1. The molecular formula is C16H14ClN3O3S. The average molecular weight is 364 g/mol. The first-order valence-corrected chi connectivity index (χ1v) is 8.36. The predicted molar refractivity (Wildman–Crippen MR) is 93.6 cm³/mol. The van der Waals surface area contributed by atoms with Crippen LogP contribution in [0.15, 0.2) is 52.4 Å². The molecule has 1 atom stereocenters. The highest BCUT2D eigenvalue weighted by atomic mass is 35.5. The fraction of sp³-hybridized carbons (Fsp3) is 0.188. The van der Waals surface area contributed by atoms with Crippen LogP contribution in [0.25, 0.3) is 10.2 Å². The van der Waals surface area contributed by atoms with E-state index in [0.29, 0.717) is 25.7 Å². The number of halogens is 1. The maximum absolute atomic E-state index is 12.7. The highest BCUT2D eigenvalue weighted by molar-refractivity contribution is 7.15. The molecule has 0 bridgehead atoms. The first kappa shape index (κ1) is 16.8. The third kappa shape index (κ3) is 3.54. The maximum atomic E-state index is 12.7. The molecule has 1 unspecified atom stereocenters. The quantitative estimate of drug-likeness (QED) is 0.738. The molecule has 0 aliphatic carbocycles. The van der Waals surface area contributed by atoms with Gasteiger partial charge in [-0.05, 0) is 36.4 Å². The number of fused-ring (bicyclic) bond motifs is 1. The zero-order chi connectivity index (χ0) is 17.1. The standard InChI is InChI=1S/C16H14ClN3O3S/c17-10-3-5-11(6-4-10)19-16-20(8-12(22)9-21)15(23)13-2-1-7-18-14(13)24-16/h1-7,12,21-22H,8-9H2/b19-16-. The van der Waals surface area contributed by atoms with Gasteiger partial charge < -0.3 is 10.2 Å². The number of hydrogen-bond acceptors (Lipinski definition) is 6. The van der Waals surface area contributed by atoms with Gasteiger partial charge in [0.25, 0.3) is 5.56 Å². The summed E-state index contributed by atoms with van der Waals surface area (Å²) < 4.78 is 1.35. The summed E-state index contributed by atoms with van der Waals surface area (Å²) in [5, 5.41) is 19.9. The predicted octanol–water partition coefficient (Wildman–Crippen LogP) is 1.70. The van der Waals surface area contributed by atoms with Gasteiger partial charge in [0.15, 0.2) is 4.80 Å². The SMILES string of the molecule is O=c1c2cccnc2s/c(=N\c2ccc(Cl)cc2)n1CC(O)CO.